The number of nitrogens with two attached hydrogens (primary N) is 1. The van der Waals surface area contributed by atoms with Crippen LogP contribution >= 0.6 is 0 Å². The van der Waals surface area contributed by atoms with Crippen LogP contribution in [0.3, 0.4) is 0 Å². The first-order valence-corrected chi connectivity index (χ1v) is 6.50. The lowest BCUT2D eigenvalue weighted by Gasteiger charge is -2.15. The van der Waals surface area contributed by atoms with Gasteiger partial charge in [0.15, 0.2) is 0 Å². The predicted octanol–water partition coefficient (Wildman–Crippen LogP) is 1.72. The Kier molecular flexibility index (Phi) is 5.99. The maximum atomic E-state index is 11.9. The molecule has 4 N–H and O–H groups in total. The largest absolute Gasteiger partial charge is 0.495 e. The SMILES string of the molecule is CCC[C@H](N)C(=O)Nc1cc(NC(C)=O)ccc1OC. The van der Waals surface area contributed by atoms with Crippen LogP contribution in [0.4, 0.5) is 11.4 Å². The quantitative estimate of drug-likeness (QED) is 0.739. The lowest BCUT2D eigenvalue weighted by Crippen LogP contribution is -2.35. The van der Waals surface area contributed by atoms with Gasteiger partial charge in [0.05, 0.1) is 18.8 Å². The monoisotopic (exact) mass is 279 g/mol. The van der Waals surface area contributed by atoms with Crippen LogP contribution in [0.15, 0.2) is 18.2 Å². The number of hydrogen-bond acceptors (Lipinski definition) is 4. The highest BCUT2D eigenvalue weighted by molar-refractivity contribution is 5.97. The molecule has 0 unspecified atom stereocenters. The molecular formula is C14H21N3O3. The normalized spacial score (nSPS) is 11.6. The van der Waals surface area contributed by atoms with Crippen LogP contribution in [-0.4, -0.2) is 25.0 Å². The van der Waals surface area contributed by atoms with Crippen LogP contribution in [0.1, 0.15) is 26.7 Å². The number of methoxy groups -OCH3 is 1. The number of anilines is 2. The minimum atomic E-state index is -0.561. The number of amides is 2. The summed E-state index contributed by atoms with van der Waals surface area (Å²) >= 11 is 0. The van der Waals surface area contributed by atoms with Crippen LogP contribution in [0.25, 0.3) is 0 Å². The molecule has 1 aromatic carbocycles. The second-order valence-electron chi connectivity index (χ2n) is 4.48. The number of ether oxygens (including phenoxy) is 1. The Balaban J connectivity index is 2.90. The van der Waals surface area contributed by atoms with Crippen molar-refractivity contribution in [1.82, 2.24) is 0 Å². The molecule has 6 heteroatoms. The zero-order valence-corrected chi connectivity index (χ0v) is 12.0. The van der Waals surface area contributed by atoms with Crippen molar-refractivity contribution in [3.8, 4) is 5.75 Å². The molecule has 0 aliphatic heterocycles. The van der Waals surface area contributed by atoms with Gasteiger partial charge in [0.2, 0.25) is 11.8 Å². The Morgan fingerprint density at radius 1 is 1.35 bits per heavy atom. The van der Waals surface area contributed by atoms with Gasteiger partial charge in [0, 0.05) is 12.6 Å². The minimum Gasteiger partial charge on any atom is -0.495 e. The van der Waals surface area contributed by atoms with Gasteiger partial charge in [-0.25, -0.2) is 0 Å². The first kappa shape index (κ1) is 16.0. The van der Waals surface area contributed by atoms with Crippen molar-refractivity contribution >= 4 is 23.2 Å². The average molecular weight is 279 g/mol. The van der Waals surface area contributed by atoms with Crippen LogP contribution in [0.5, 0.6) is 5.75 Å². The molecule has 20 heavy (non-hydrogen) atoms. The van der Waals surface area contributed by atoms with E-state index in [1.54, 1.807) is 18.2 Å². The van der Waals surface area contributed by atoms with E-state index in [4.69, 9.17) is 10.5 Å². The van der Waals surface area contributed by atoms with E-state index in [1.807, 2.05) is 6.92 Å². The summed E-state index contributed by atoms with van der Waals surface area (Å²) in [5, 5.41) is 5.37. The molecule has 0 heterocycles. The van der Waals surface area contributed by atoms with Crippen molar-refractivity contribution in [3.05, 3.63) is 18.2 Å². The molecule has 0 fully saturated rings. The highest BCUT2D eigenvalue weighted by Gasteiger charge is 2.15. The summed E-state index contributed by atoms with van der Waals surface area (Å²) in [6, 6.07) is 4.44. The van der Waals surface area contributed by atoms with Gasteiger partial charge < -0.3 is 21.1 Å². The molecule has 1 rings (SSSR count). The number of carbonyl (C=O) groups is 2. The molecule has 6 nitrogen and oxygen atoms in total. The second-order valence-corrected chi connectivity index (χ2v) is 4.48. The van der Waals surface area contributed by atoms with Crippen molar-refractivity contribution < 1.29 is 14.3 Å². The second kappa shape index (κ2) is 7.49. The van der Waals surface area contributed by atoms with Gasteiger partial charge in [-0.05, 0) is 24.6 Å². The third-order valence-electron chi connectivity index (χ3n) is 2.71. The summed E-state index contributed by atoms with van der Waals surface area (Å²) in [6.45, 7) is 3.38. The van der Waals surface area contributed by atoms with Gasteiger partial charge in [-0.2, -0.15) is 0 Å². The number of hydrogen-bond donors (Lipinski definition) is 3. The summed E-state index contributed by atoms with van der Waals surface area (Å²) in [4.78, 5) is 23.0. The number of benzene rings is 1. The molecule has 0 saturated heterocycles. The zero-order chi connectivity index (χ0) is 15.1. The van der Waals surface area contributed by atoms with Crippen LogP contribution in [0.2, 0.25) is 0 Å². The molecule has 0 aromatic heterocycles. The van der Waals surface area contributed by atoms with E-state index in [2.05, 4.69) is 10.6 Å². The van der Waals surface area contributed by atoms with E-state index in [9.17, 15) is 9.59 Å². The number of nitrogens with one attached hydrogen (secondary N) is 2. The minimum absolute atomic E-state index is 0.185. The summed E-state index contributed by atoms with van der Waals surface area (Å²) in [6.07, 6.45) is 1.44. The number of carbonyl (C=O) groups excluding carboxylic acids is 2. The summed E-state index contributed by atoms with van der Waals surface area (Å²) in [7, 11) is 1.51. The molecule has 1 atom stereocenters. The molecule has 0 spiro atoms. The van der Waals surface area contributed by atoms with Crippen molar-refractivity contribution in [1.29, 1.82) is 0 Å². The van der Waals surface area contributed by atoms with Crippen molar-refractivity contribution in [2.24, 2.45) is 5.73 Å². The van der Waals surface area contributed by atoms with E-state index >= 15 is 0 Å². The van der Waals surface area contributed by atoms with Gasteiger partial charge in [-0.3, -0.25) is 9.59 Å². The Labute approximate surface area is 118 Å². The van der Waals surface area contributed by atoms with Crippen molar-refractivity contribution in [2.75, 3.05) is 17.7 Å². The van der Waals surface area contributed by atoms with Gasteiger partial charge in [0.25, 0.3) is 0 Å². The molecular weight excluding hydrogens is 258 g/mol. The fourth-order valence-electron chi connectivity index (χ4n) is 1.75. The summed E-state index contributed by atoms with van der Waals surface area (Å²) < 4.78 is 5.18. The maximum Gasteiger partial charge on any atom is 0.241 e. The lowest BCUT2D eigenvalue weighted by molar-refractivity contribution is -0.117. The van der Waals surface area contributed by atoms with Gasteiger partial charge >= 0.3 is 0 Å². The highest BCUT2D eigenvalue weighted by Crippen LogP contribution is 2.28. The van der Waals surface area contributed by atoms with Gasteiger partial charge in [-0.15, -0.1) is 0 Å². The van der Waals surface area contributed by atoms with E-state index in [0.717, 1.165) is 6.42 Å². The van der Waals surface area contributed by atoms with Crippen molar-refractivity contribution in [3.63, 3.8) is 0 Å². The zero-order valence-electron chi connectivity index (χ0n) is 12.0. The molecule has 110 valence electrons. The van der Waals surface area contributed by atoms with Crippen LogP contribution in [0, 0.1) is 0 Å². The average Bonchev–Trinajstić information content (AvgIpc) is 2.38. The topological polar surface area (TPSA) is 93.5 Å². The molecule has 0 radical (unpaired) electrons. The Morgan fingerprint density at radius 2 is 2.05 bits per heavy atom. The number of rotatable bonds is 6. The molecule has 0 aliphatic carbocycles. The fourth-order valence-corrected chi connectivity index (χ4v) is 1.75. The van der Waals surface area contributed by atoms with Crippen molar-refractivity contribution in [2.45, 2.75) is 32.7 Å². The van der Waals surface area contributed by atoms with E-state index < -0.39 is 6.04 Å². The van der Waals surface area contributed by atoms with Gasteiger partial charge in [-0.1, -0.05) is 13.3 Å². The van der Waals surface area contributed by atoms with Crippen LogP contribution < -0.4 is 21.1 Å². The lowest BCUT2D eigenvalue weighted by atomic mass is 10.1. The Bertz CT molecular complexity index is 489. The van der Waals surface area contributed by atoms with E-state index in [1.165, 1.54) is 14.0 Å². The molecule has 0 saturated carbocycles. The van der Waals surface area contributed by atoms with E-state index in [-0.39, 0.29) is 11.8 Å². The summed E-state index contributed by atoms with van der Waals surface area (Å²) in [5.74, 6) is 0.0522. The summed E-state index contributed by atoms with van der Waals surface area (Å²) in [5.41, 5.74) is 6.83. The smallest absolute Gasteiger partial charge is 0.241 e. The molecule has 2 amide bonds. The first-order valence-electron chi connectivity index (χ1n) is 6.50. The third kappa shape index (κ3) is 4.55. The Hall–Kier alpha value is -2.08. The highest BCUT2D eigenvalue weighted by atomic mass is 16.5. The first-order chi connectivity index (χ1) is 9.47. The standard InChI is InChI=1S/C14H21N3O3/c1-4-5-11(15)14(19)17-12-8-10(16-9(2)18)6-7-13(12)20-3/h6-8,11H,4-5,15H2,1-3H3,(H,16,18)(H,17,19)/t11-/m0/s1. The van der Waals surface area contributed by atoms with Gasteiger partial charge in [0.1, 0.15) is 5.75 Å². The maximum absolute atomic E-state index is 11.9. The molecule has 0 aliphatic rings. The fraction of sp³-hybridized carbons (Fsp3) is 0.429. The predicted molar refractivity (Wildman–Crippen MR) is 78.8 cm³/mol. The molecule has 1 aromatic rings. The van der Waals surface area contributed by atoms with E-state index in [0.29, 0.717) is 23.5 Å². The third-order valence-corrected chi connectivity index (χ3v) is 2.71. The van der Waals surface area contributed by atoms with Crippen LogP contribution in [-0.2, 0) is 9.59 Å². The Morgan fingerprint density at radius 3 is 2.60 bits per heavy atom. The molecule has 0 bridgehead atoms.